The van der Waals surface area contributed by atoms with Crippen LogP contribution >= 0.6 is 22.0 Å². The van der Waals surface area contributed by atoms with Crippen molar-refractivity contribution in [3.05, 3.63) is 16.5 Å². The first-order chi connectivity index (χ1) is 9.51. The molecule has 0 spiro atoms. The molecule has 1 amide bonds. The minimum Gasteiger partial charge on any atom is -0.338 e. The standard InChI is InChI=1S/C14H20ClNO3S2/c1-9-11(8-20-13(9)21(15,18)19)12(17)16-6-5-10(7-16)14(2,3)4/h8,10H,5-7H2,1-4H3. The van der Waals surface area contributed by atoms with Crippen molar-refractivity contribution in [1.82, 2.24) is 4.90 Å². The van der Waals surface area contributed by atoms with E-state index in [-0.39, 0.29) is 15.5 Å². The van der Waals surface area contributed by atoms with Crippen LogP contribution in [0.15, 0.2) is 9.59 Å². The van der Waals surface area contributed by atoms with Crippen molar-refractivity contribution in [1.29, 1.82) is 0 Å². The average molecular weight is 350 g/mol. The fraction of sp³-hybridized carbons (Fsp3) is 0.643. The molecule has 2 rings (SSSR count). The molecule has 0 aromatic carbocycles. The van der Waals surface area contributed by atoms with Crippen LogP contribution in [-0.2, 0) is 9.05 Å². The zero-order chi connectivity index (χ0) is 16.0. The Morgan fingerprint density at radius 1 is 1.43 bits per heavy atom. The number of hydrogen-bond donors (Lipinski definition) is 0. The molecule has 1 saturated heterocycles. The van der Waals surface area contributed by atoms with Gasteiger partial charge in [-0.1, -0.05) is 20.8 Å². The van der Waals surface area contributed by atoms with Gasteiger partial charge in [-0.2, -0.15) is 0 Å². The Balaban J connectivity index is 2.21. The lowest BCUT2D eigenvalue weighted by Crippen LogP contribution is -2.31. The summed E-state index contributed by atoms with van der Waals surface area (Å²) in [6.45, 7) is 9.62. The lowest BCUT2D eigenvalue weighted by Gasteiger charge is -2.27. The number of halogens is 1. The molecule has 1 unspecified atom stereocenters. The molecule has 118 valence electrons. The molecule has 0 bridgehead atoms. The normalized spacial score (nSPS) is 20.0. The maximum absolute atomic E-state index is 12.6. The molecule has 1 fully saturated rings. The van der Waals surface area contributed by atoms with Crippen LogP contribution in [-0.4, -0.2) is 32.3 Å². The Kier molecular flexibility index (Phi) is 4.44. The third-order valence-electron chi connectivity index (χ3n) is 4.15. The van der Waals surface area contributed by atoms with Crippen LogP contribution in [0.3, 0.4) is 0 Å². The maximum Gasteiger partial charge on any atom is 0.271 e. The molecular weight excluding hydrogens is 330 g/mol. The highest BCUT2D eigenvalue weighted by Crippen LogP contribution is 2.35. The summed E-state index contributed by atoms with van der Waals surface area (Å²) in [6, 6.07) is 0. The van der Waals surface area contributed by atoms with E-state index in [1.165, 1.54) is 0 Å². The Hall–Kier alpha value is -0.590. The predicted molar refractivity (Wildman–Crippen MR) is 85.6 cm³/mol. The van der Waals surface area contributed by atoms with E-state index in [1.54, 1.807) is 12.3 Å². The van der Waals surface area contributed by atoms with Crippen molar-refractivity contribution in [2.75, 3.05) is 13.1 Å². The molecule has 2 heterocycles. The van der Waals surface area contributed by atoms with Gasteiger partial charge in [-0.05, 0) is 30.2 Å². The summed E-state index contributed by atoms with van der Waals surface area (Å²) >= 11 is 1.01. The van der Waals surface area contributed by atoms with Gasteiger partial charge in [0, 0.05) is 29.2 Å². The van der Waals surface area contributed by atoms with Crippen molar-refractivity contribution < 1.29 is 13.2 Å². The van der Waals surface area contributed by atoms with Crippen molar-refractivity contribution >= 4 is 37.0 Å². The van der Waals surface area contributed by atoms with Crippen LogP contribution in [0.5, 0.6) is 0 Å². The number of thiophene rings is 1. The summed E-state index contributed by atoms with van der Waals surface area (Å²) in [5.74, 6) is 0.374. The van der Waals surface area contributed by atoms with E-state index >= 15 is 0 Å². The van der Waals surface area contributed by atoms with Gasteiger partial charge in [0.05, 0.1) is 5.56 Å². The summed E-state index contributed by atoms with van der Waals surface area (Å²) in [6.07, 6.45) is 0.985. The van der Waals surface area contributed by atoms with Crippen LogP contribution in [0.1, 0.15) is 43.1 Å². The first kappa shape index (κ1) is 16.8. The number of nitrogens with zero attached hydrogens (tertiary/aromatic N) is 1. The first-order valence-electron chi connectivity index (χ1n) is 6.84. The molecule has 1 aromatic heterocycles. The first-order valence-corrected chi connectivity index (χ1v) is 10.0. The van der Waals surface area contributed by atoms with Crippen molar-refractivity contribution in [2.24, 2.45) is 11.3 Å². The largest absolute Gasteiger partial charge is 0.338 e. The number of carbonyl (C=O) groups is 1. The zero-order valence-corrected chi connectivity index (χ0v) is 15.0. The Morgan fingerprint density at radius 2 is 2.05 bits per heavy atom. The lowest BCUT2D eigenvalue weighted by atomic mass is 9.80. The molecule has 0 radical (unpaired) electrons. The van der Waals surface area contributed by atoms with Gasteiger partial charge >= 0.3 is 0 Å². The topological polar surface area (TPSA) is 54.5 Å². The average Bonchev–Trinajstić information content (AvgIpc) is 2.92. The summed E-state index contributed by atoms with van der Waals surface area (Å²) in [7, 11) is 1.60. The highest BCUT2D eigenvalue weighted by atomic mass is 35.7. The predicted octanol–water partition coefficient (Wildman–Crippen LogP) is 3.49. The number of hydrogen-bond acceptors (Lipinski definition) is 4. The van der Waals surface area contributed by atoms with E-state index in [0.717, 1.165) is 30.8 Å². The summed E-state index contributed by atoms with van der Waals surface area (Å²) < 4.78 is 23.0. The van der Waals surface area contributed by atoms with E-state index in [9.17, 15) is 13.2 Å². The van der Waals surface area contributed by atoms with Gasteiger partial charge in [-0.3, -0.25) is 4.79 Å². The molecule has 7 heteroatoms. The number of likely N-dealkylation sites (tertiary alicyclic amines) is 1. The van der Waals surface area contributed by atoms with Crippen LogP contribution in [0.2, 0.25) is 0 Å². The minimum absolute atomic E-state index is 0.0686. The Bertz CT molecular complexity index is 658. The second-order valence-corrected chi connectivity index (χ2v) is 10.2. The van der Waals surface area contributed by atoms with E-state index in [1.807, 2.05) is 4.90 Å². The van der Waals surface area contributed by atoms with Gasteiger partial charge in [-0.15, -0.1) is 11.3 Å². The highest BCUT2D eigenvalue weighted by molar-refractivity contribution is 8.15. The van der Waals surface area contributed by atoms with Gasteiger partial charge in [0.25, 0.3) is 15.0 Å². The minimum atomic E-state index is -3.78. The molecule has 0 saturated carbocycles. The van der Waals surface area contributed by atoms with Crippen LogP contribution in [0.25, 0.3) is 0 Å². The monoisotopic (exact) mass is 349 g/mol. The molecule has 21 heavy (non-hydrogen) atoms. The quantitative estimate of drug-likeness (QED) is 0.768. The van der Waals surface area contributed by atoms with Gasteiger partial charge in [0.2, 0.25) is 0 Å². The third-order valence-corrected chi connectivity index (χ3v) is 7.45. The van der Waals surface area contributed by atoms with Crippen LogP contribution in [0.4, 0.5) is 0 Å². The molecule has 0 N–H and O–H groups in total. The second-order valence-electron chi connectivity index (χ2n) is 6.60. The maximum atomic E-state index is 12.6. The lowest BCUT2D eigenvalue weighted by molar-refractivity contribution is 0.0776. The second kappa shape index (κ2) is 5.56. The molecule has 1 aliphatic rings. The SMILES string of the molecule is Cc1c(C(=O)N2CCC(C(C)(C)C)C2)csc1S(=O)(=O)Cl. The molecule has 1 aliphatic heterocycles. The smallest absolute Gasteiger partial charge is 0.271 e. The van der Waals surface area contributed by atoms with Gasteiger partial charge in [0.15, 0.2) is 0 Å². The number of rotatable bonds is 2. The van der Waals surface area contributed by atoms with Gasteiger partial charge in [0.1, 0.15) is 4.21 Å². The summed E-state index contributed by atoms with van der Waals surface area (Å²) in [4.78, 5) is 14.4. The van der Waals surface area contributed by atoms with E-state index in [0.29, 0.717) is 17.0 Å². The number of carbonyl (C=O) groups excluding carboxylic acids is 1. The highest BCUT2D eigenvalue weighted by Gasteiger charge is 2.35. The van der Waals surface area contributed by atoms with Gasteiger partial charge in [-0.25, -0.2) is 8.42 Å². The fourth-order valence-electron chi connectivity index (χ4n) is 2.67. The Morgan fingerprint density at radius 3 is 2.48 bits per heavy atom. The van der Waals surface area contributed by atoms with E-state index in [4.69, 9.17) is 10.7 Å². The van der Waals surface area contributed by atoms with Crippen LogP contribution in [0, 0.1) is 18.3 Å². The molecule has 1 atom stereocenters. The third kappa shape index (κ3) is 3.43. The molecule has 0 aliphatic carbocycles. The van der Waals surface area contributed by atoms with Crippen molar-refractivity contribution in [2.45, 2.75) is 38.3 Å². The van der Waals surface area contributed by atoms with E-state index < -0.39 is 9.05 Å². The summed E-state index contributed by atoms with van der Waals surface area (Å²) in [5, 5.41) is 1.59. The molecule has 4 nitrogen and oxygen atoms in total. The number of amides is 1. The van der Waals surface area contributed by atoms with Crippen molar-refractivity contribution in [3.8, 4) is 0 Å². The van der Waals surface area contributed by atoms with Gasteiger partial charge < -0.3 is 4.90 Å². The van der Waals surface area contributed by atoms with E-state index in [2.05, 4.69) is 20.8 Å². The van der Waals surface area contributed by atoms with Crippen molar-refractivity contribution in [3.63, 3.8) is 0 Å². The Labute approximate surface area is 134 Å². The molecule has 1 aromatic rings. The van der Waals surface area contributed by atoms with Crippen LogP contribution < -0.4 is 0 Å². The zero-order valence-electron chi connectivity index (χ0n) is 12.6. The molecular formula is C14H20ClNO3S2. The summed E-state index contributed by atoms with van der Waals surface area (Å²) in [5.41, 5.74) is 1.08. The fourth-order valence-corrected chi connectivity index (χ4v) is 5.22.